The van der Waals surface area contributed by atoms with E-state index in [1.165, 1.54) is 24.0 Å². The molecule has 0 radical (unpaired) electrons. The van der Waals surface area contributed by atoms with Crippen LogP contribution in [0.5, 0.6) is 0 Å². The molecule has 0 aliphatic carbocycles. The molecule has 0 fully saturated rings. The number of hydrogen-bond acceptors (Lipinski definition) is 4. The molecule has 5 nitrogen and oxygen atoms in total. The normalized spacial score (nSPS) is 11.0. The molecule has 0 unspecified atom stereocenters. The van der Waals surface area contributed by atoms with Crippen LogP contribution >= 0.6 is 0 Å². The largest absolute Gasteiger partial charge is 0.447 e. The Bertz CT molecular complexity index is 922. The highest BCUT2D eigenvalue weighted by molar-refractivity contribution is 5.91. The molecule has 0 aliphatic heterocycles. The second-order valence-electron chi connectivity index (χ2n) is 6.75. The molecule has 0 saturated heterocycles. The Morgan fingerprint density at radius 2 is 1.86 bits per heavy atom. The van der Waals surface area contributed by atoms with Crippen LogP contribution in [0, 0.1) is 12.7 Å². The molecule has 6 heteroatoms. The topological polar surface area (TPSA) is 58.4 Å². The van der Waals surface area contributed by atoms with Crippen molar-refractivity contribution in [1.82, 2.24) is 15.2 Å². The highest BCUT2D eigenvalue weighted by Crippen LogP contribution is 2.15. The summed E-state index contributed by atoms with van der Waals surface area (Å²) in [7, 11) is 0. The van der Waals surface area contributed by atoms with Crippen LogP contribution in [-0.2, 0) is 19.6 Å². The molecule has 2 aromatic carbocycles. The van der Waals surface area contributed by atoms with Crippen molar-refractivity contribution in [2.45, 2.75) is 33.5 Å². The predicted octanol–water partition coefficient (Wildman–Crippen LogP) is 4.07. The summed E-state index contributed by atoms with van der Waals surface area (Å²) in [4.78, 5) is 18.4. The number of aromatic nitrogens is 1. The molecule has 1 aromatic heterocycles. The van der Waals surface area contributed by atoms with Crippen LogP contribution < -0.4 is 5.32 Å². The third kappa shape index (κ3) is 5.50. The maximum absolute atomic E-state index is 13.2. The van der Waals surface area contributed by atoms with Crippen LogP contribution in [0.3, 0.4) is 0 Å². The molecule has 0 bridgehead atoms. The van der Waals surface area contributed by atoms with Gasteiger partial charge in [0.25, 0.3) is 5.91 Å². The van der Waals surface area contributed by atoms with Crippen LogP contribution in [0.2, 0.25) is 0 Å². The van der Waals surface area contributed by atoms with Crippen molar-refractivity contribution in [3.8, 4) is 0 Å². The fraction of sp³-hybridized carbons (Fsp3) is 0.273. The zero-order chi connectivity index (χ0) is 19.9. The number of halogens is 1. The first kappa shape index (κ1) is 19.8. The average Bonchev–Trinajstić information content (AvgIpc) is 3.12. The minimum absolute atomic E-state index is 0.249. The third-order valence-corrected chi connectivity index (χ3v) is 4.29. The molecule has 1 heterocycles. The lowest BCUT2D eigenvalue weighted by Gasteiger charge is -2.21. The van der Waals surface area contributed by atoms with E-state index in [-0.39, 0.29) is 17.4 Å². The Kier molecular flexibility index (Phi) is 6.55. The average molecular weight is 381 g/mol. The number of carbonyl (C=O) groups excluding carboxylic acids is 1. The van der Waals surface area contributed by atoms with E-state index in [9.17, 15) is 9.18 Å². The van der Waals surface area contributed by atoms with Gasteiger partial charge in [-0.2, -0.15) is 0 Å². The van der Waals surface area contributed by atoms with Crippen molar-refractivity contribution >= 4 is 5.91 Å². The number of carbonyl (C=O) groups is 1. The van der Waals surface area contributed by atoms with Gasteiger partial charge in [0.05, 0.1) is 6.54 Å². The zero-order valence-electron chi connectivity index (χ0n) is 16.1. The van der Waals surface area contributed by atoms with Gasteiger partial charge in [0.15, 0.2) is 5.69 Å². The number of aryl methyl sites for hydroxylation is 1. The molecule has 0 spiro atoms. The molecule has 1 N–H and O–H groups in total. The van der Waals surface area contributed by atoms with Gasteiger partial charge in [0, 0.05) is 19.6 Å². The van der Waals surface area contributed by atoms with E-state index < -0.39 is 0 Å². The van der Waals surface area contributed by atoms with Crippen molar-refractivity contribution in [3.63, 3.8) is 0 Å². The molecule has 1 amide bonds. The molecule has 146 valence electrons. The Labute approximate surface area is 164 Å². The van der Waals surface area contributed by atoms with Crippen molar-refractivity contribution in [1.29, 1.82) is 0 Å². The monoisotopic (exact) mass is 381 g/mol. The number of benzene rings is 2. The van der Waals surface area contributed by atoms with Gasteiger partial charge in [-0.1, -0.05) is 42.0 Å². The van der Waals surface area contributed by atoms with Crippen LogP contribution in [0.1, 0.15) is 40.0 Å². The Hall–Kier alpha value is -2.99. The molecule has 0 saturated carbocycles. The lowest BCUT2D eigenvalue weighted by Crippen LogP contribution is -2.24. The Balaban J connectivity index is 1.77. The second kappa shape index (κ2) is 9.28. The van der Waals surface area contributed by atoms with E-state index in [1.807, 2.05) is 13.0 Å². The Morgan fingerprint density at radius 3 is 2.57 bits per heavy atom. The number of amides is 1. The fourth-order valence-electron chi connectivity index (χ4n) is 3.01. The van der Waals surface area contributed by atoms with Gasteiger partial charge in [-0.15, -0.1) is 0 Å². The van der Waals surface area contributed by atoms with E-state index in [0.717, 1.165) is 11.1 Å². The SMILES string of the molecule is CCNC(=O)c1coc(CN(Cc2ccc(F)cc2)Cc2cccc(C)c2)n1. The standard InChI is InChI=1S/C22H24FN3O2/c1-3-24-22(27)20-15-28-21(25-20)14-26(12-17-7-9-19(23)10-8-17)13-18-6-4-5-16(2)11-18/h4-11,15H,3,12-14H2,1-2H3,(H,24,27). The summed E-state index contributed by atoms with van der Waals surface area (Å²) < 4.78 is 18.7. The van der Waals surface area contributed by atoms with Gasteiger partial charge in [0.2, 0.25) is 5.89 Å². The molecule has 28 heavy (non-hydrogen) atoms. The summed E-state index contributed by atoms with van der Waals surface area (Å²) in [6.07, 6.45) is 1.38. The summed E-state index contributed by atoms with van der Waals surface area (Å²) in [5.74, 6) is -0.0365. The van der Waals surface area contributed by atoms with Crippen molar-refractivity contribution in [2.24, 2.45) is 0 Å². The smallest absolute Gasteiger partial charge is 0.273 e. The fourth-order valence-corrected chi connectivity index (χ4v) is 3.01. The quantitative estimate of drug-likeness (QED) is 0.639. The molecule has 3 aromatic rings. The predicted molar refractivity (Wildman–Crippen MR) is 105 cm³/mol. The maximum atomic E-state index is 13.2. The minimum atomic E-state index is -0.256. The first-order chi connectivity index (χ1) is 13.5. The molecule has 0 atom stereocenters. The molecular weight excluding hydrogens is 357 g/mol. The number of oxazole rings is 1. The van der Waals surface area contributed by atoms with Gasteiger partial charge < -0.3 is 9.73 Å². The Morgan fingerprint density at radius 1 is 1.11 bits per heavy atom. The molecule has 0 aliphatic rings. The molecular formula is C22H24FN3O2. The zero-order valence-corrected chi connectivity index (χ0v) is 16.1. The number of nitrogens with zero attached hydrogens (tertiary/aromatic N) is 2. The van der Waals surface area contributed by atoms with Gasteiger partial charge >= 0.3 is 0 Å². The van der Waals surface area contributed by atoms with E-state index in [1.54, 1.807) is 12.1 Å². The van der Waals surface area contributed by atoms with Crippen LogP contribution in [0.25, 0.3) is 0 Å². The summed E-state index contributed by atoms with van der Waals surface area (Å²) >= 11 is 0. The number of nitrogens with one attached hydrogen (secondary N) is 1. The summed E-state index contributed by atoms with van der Waals surface area (Å²) in [6, 6.07) is 14.7. The minimum Gasteiger partial charge on any atom is -0.447 e. The van der Waals surface area contributed by atoms with E-state index >= 15 is 0 Å². The third-order valence-electron chi connectivity index (χ3n) is 4.29. The van der Waals surface area contributed by atoms with Crippen LogP contribution in [-0.4, -0.2) is 22.3 Å². The van der Waals surface area contributed by atoms with E-state index in [4.69, 9.17) is 4.42 Å². The number of rotatable bonds is 8. The second-order valence-corrected chi connectivity index (χ2v) is 6.75. The van der Waals surface area contributed by atoms with Gasteiger partial charge in [-0.3, -0.25) is 9.69 Å². The summed E-state index contributed by atoms with van der Waals surface area (Å²) in [5.41, 5.74) is 3.62. The lowest BCUT2D eigenvalue weighted by atomic mass is 10.1. The number of hydrogen-bond donors (Lipinski definition) is 1. The van der Waals surface area contributed by atoms with E-state index in [0.29, 0.717) is 32.1 Å². The highest BCUT2D eigenvalue weighted by Gasteiger charge is 2.15. The maximum Gasteiger partial charge on any atom is 0.273 e. The van der Waals surface area contributed by atoms with Crippen LogP contribution in [0.4, 0.5) is 4.39 Å². The van der Waals surface area contributed by atoms with Crippen molar-refractivity contribution in [3.05, 3.63) is 88.9 Å². The van der Waals surface area contributed by atoms with Gasteiger partial charge in [-0.25, -0.2) is 9.37 Å². The lowest BCUT2D eigenvalue weighted by molar-refractivity contribution is 0.0950. The molecule has 3 rings (SSSR count). The van der Waals surface area contributed by atoms with E-state index in [2.05, 4.69) is 40.3 Å². The first-order valence-corrected chi connectivity index (χ1v) is 9.28. The van der Waals surface area contributed by atoms with Crippen molar-refractivity contribution < 1.29 is 13.6 Å². The van der Waals surface area contributed by atoms with Gasteiger partial charge in [0.1, 0.15) is 12.1 Å². The first-order valence-electron chi connectivity index (χ1n) is 9.28. The summed E-state index contributed by atoms with van der Waals surface area (Å²) in [6.45, 7) is 6.16. The van der Waals surface area contributed by atoms with Crippen molar-refractivity contribution in [2.75, 3.05) is 6.54 Å². The summed E-state index contributed by atoms with van der Waals surface area (Å²) in [5, 5.41) is 2.71. The van der Waals surface area contributed by atoms with Gasteiger partial charge in [-0.05, 0) is 37.1 Å². The van der Waals surface area contributed by atoms with Crippen LogP contribution in [0.15, 0.2) is 59.2 Å². The highest BCUT2D eigenvalue weighted by atomic mass is 19.1.